The van der Waals surface area contributed by atoms with Crippen molar-refractivity contribution in [2.45, 2.75) is 50.4 Å². The first-order chi connectivity index (χ1) is 13.7. The van der Waals surface area contributed by atoms with E-state index < -0.39 is 12.2 Å². The van der Waals surface area contributed by atoms with Crippen LogP contribution in [0.2, 0.25) is 0 Å². The number of aliphatic hydroxyl groups excluding tert-OH is 1. The van der Waals surface area contributed by atoms with Crippen molar-refractivity contribution in [2.24, 2.45) is 0 Å². The van der Waals surface area contributed by atoms with Gasteiger partial charge in [-0.3, -0.25) is 9.69 Å². The van der Waals surface area contributed by atoms with Crippen molar-refractivity contribution in [1.29, 1.82) is 0 Å². The number of hydrogen-bond donors (Lipinski definition) is 1. The van der Waals surface area contributed by atoms with E-state index in [-0.39, 0.29) is 12.0 Å². The van der Waals surface area contributed by atoms with Crippen LogP contribution in [-0.4, -0.2) is 89.9 Å². The number of anilines is 1. The lowest BCUT2D eigenvalue weighted by Gasteiger charge is -2.38. The van der Waals surface area contributed by atoms with Crippen molar-refractivity contribution in [2.75, 3.05) is 50.7 Å². The first kappa shape index (κ1) is 19.6. The number of aliphatic hydroxyl groups is 1. The molecule has 3 aliphatic rings. The second-order valence-corrected chi connectivity index (χ2v) is 8.16. The number of pyridine rings is 1. The minimum atomic E-state index is -0.669. The molecule has 3 atom stereocenters. The van der Waals surface area contributed by atoms with E-state index in [4.69, 9.17) is 4.74 Å². The van der Waals surface area contributed by atoms with Crippen LogP contribution in [0.25, 0.3) is 0 Å². The number of hydrogen-bond acceptors (Lipinski definition) is 6. The van der Waals surface area contributed by atoms with Gasteiger partial charge < -0.3 is 19.6 Å². The van der Waals surface area contributed by atoms with E-state index in [9.17, 15) is 9.90 Å². The van der Waals surface area contributed by atoms with Crippen molar-refractivity contribution in [3.8, 4) is 0 Å². The molecule has 7 nitrogen and oxygen atoms in total. The van der Waals surface area contributed by atoms with Crippen LogP contribution < -0.4 is 4.90 Å². The van der Waals surface area contributed by atoms with Crippen LogP contribution in [0.3, 0.4) is 0 Å². The molecule has 1 N–H and O–H groups in total. The molecule has 0 saturated carbocycles. The van der Waals surface area contributed by atoms with Gasteiger partial charge in [0.15, 0.2) is 6.10 Å². The SMILES string of the molecule is O=C([C@H]1O[C@@H](CCN2CCN(c3ccccn3)CC2)CC[C@@H]1O)N1CCCC1. The Morgan fingerprint density at radius 2 is 1.89 bits per heavy atom. The molecule has 1 amide bonds. The Balaban J connectivity index is 1.22. The highest BCUT2D eigenvalue weighted by atomic mass is 16.5. The Labute approximate surface area is 167 Å². The largest absolute Gasteiger partial charge is 0.390 e. The lowest BCUT2D eigenvalue weighted by Crippen LogP contribution is -2.51. The molecule has 1 aromatic heterocycles. The number of amides is 1. The van der Waals surface area contributed by atoms with Crippen molar-refractivity contribution in [1.82, 2.24) is 14.8 Å². The van der Waals surface area contributed by atoms with Gasteiger partial charge in [-0.25, -0.2) is 4.98 Å². The monoisotopic (exact) mass is 388 g/mol. The molecule has 0 aliphatic carbocycles. The zero-order chi connectivity index (χ0) is 19.3. The van der Waals surface area contributed by atoms with Gasteiger partial charge in [0.25, 0.3) is 5.91 Å². The van der Waals surface area contributed by atoms with E-state index in [1.807, 2.05) is 23.2 Å². The van der Waals surface area contributed by atoms with Crippen LogP contribution in [0.4, 0.5) is 5.82 Å². The molecule has 3 saturated heterocycles. The normalized spacial score (nSPS) is 29.2. The predicted octanol–water partition coefficient (Wildman–Crippen LogP) is 1.12. The minimum Gasteiger partial charge on any atom is -0.390 e. The van der Waals surface area contributed by atoms with Crippen LogP contribution in [0.1, 0.15) is 32.1 Å². The number of piperazine rings is 1. The molecule has 3 fully saturated rings. The third-order valence-electron chi connectivity index (χ3n) is 6.25. The van der Waals surface area contributed by atoms with Gasteiger partial charge in [0.05, 0.1) is 12.2 Å². The first-order valence-electron chi connectivity index (χ1n) is 10.7. The number of rotatable bonds is 5. The molecule has 7 heteroatoms. The van der Waals surface area contributed by atoms with Crippen LogP contribution in [0.5, 0.6) is 0 Å². The summed E-state index contributed by atoms with van der Waals surface area (Å²) in [7, 11) is 0. The molecule has 0 spiro atoms. The van der Waals surface area contributed by atoms with Gasteiger partial charge in [-0.05, 0) is 44.2 Å². The molecule has 4 rings (SSSR count). The van der Waals surface area contributed by atoms with E-state index in [0.717, 1.165) is 77.3 Å². The number of carbonyl (C=O) groups is 1. The van der Waals surface area contributed by atoms with Gasteiger partial charge in [0, 0.05) is 52.0 Å². The van der Waals surface area contributed by atoms with E-state index in [1.54, 1.807) is 0 Å². The number of likely N-dealkylation sites (tertiary alicyclic amines) is 1. The van der Waals surface area contributed by atoms with Gasteiger partial charge in [-0.1, -0.05) is 6.07 Å². The van der Waals surface area contributed by atoms with E-state index >= 15 is 0 Å². The predicted molar refractivity (Wildman–Crippen MR) is 107 cm³/mol. The van der Waals surface area contributed by atoms with Gasteiger partial charge in [-0.2, -0.15) is 0 Å². The fourth-order valence-corrected chi connectivity index (χ4v) is 4.49. The maximum absolute atomic E-state index is 12.7. The maximum Gasteiger partial charge on any atom is 0.254 e. The summed E-state index contributed by atoms with van der Waals surface area (Å²) >= 11 is 0. The van der Waals surface area contributed by atoms with Crippen LogP contribution in [0, 0.1) is 0 Å². The quantitative estimate of drug-likeness (QED) is 0.815. The Hall–Kier alpha value is -1.70. The summed E-state index contributed by atoms with van der Waals surface area (Å²) < 4.78 is 6.07. The summed E-state index contributed by atoms with van der Waals surface area (Å²) in [5.74, 6) is 1.04. The zero-order valence-electron chi connectivity index (χ0n) is 16.6. The minimum absolute atomic E-state index is 0.0151. The molecule has 0 radical (unpaired) electrons. The zero-order valence-corrected chi connectivity index (χ0v) is 16.6. The summed E-state index contributed by atoms with van der Waals surface area (Å²) in [6, 6.07) is 6.04. The molecule has 28 heavy (non-hydrogen) atoms. The summed E-state index contributed by atoms with van der Waals surface area (Å²) in [4.78, 5) is 23.7. The Kier molecular flexibility index (Phi) is 6.44. The van der Waals surface area contributed by atoms with Gasteiger partial charge in [0.1, 0.15) is 5.82 Å². The number of nitrogens with zero attached hydrogens (tertiary/aromatic N) is 4. The second-order valence-electron chi connectivity index (χ2n) is 8.16. The van der Waals surface area contributed by atoms with E-state index in [0.29, 0.717) is 6.42 Å². The molecule has 0 bridgehead atoms. The summed E-state index contributed by atoms with van der Waals surface area (Å²) in [6.07, 6.45) is 5.10. The third kappa shape index (κ3) is 4.64. The Morgan fingerprint density at radius 1 is 1.11 bits per heavy atom. The summed E-state index contributed by atoms with van der Waals surface area (Å²) in [5.41, 5.74) is 0. The smallest absolute Gasteiger partial charge is 0.254 e. The standard InChI is InChI=1S/C21H32N4O3/c26-18-7-6-17(28-20(18)21(27)25-10-3-4-11-25)8-12-23-13-15-24(16-14-23)19-5-1-2-9-22-19/h1-2,5,9,17-18,20,26H,3-4,6-8,10-16H2/t17-,18+,20+/m1/s1. The lowest BCUT2D eigenvalue weighted by atomic mass is 9.98. The fraction of sp³-hybridized carbons (Fsp3) is 0.714. The molecular formula is C21H32N4O3. The van der Waals surface area contributed by atoms with Crippen molar-refractivity contribution in [3.05, 3.63) is 24.4 Å². The van der Waals surface area contributed by atoms with Gasteiger partial charge >= 0.3 is 0 Å². The van der Waals surface area contributed by atoms with E-state index in [1.165, 1.54) is 0 Å². The fourth-order valence-electron chi connectivity index (χ4n) is 4.49. The number of carbonyl (C=O) groups excluding carboxylic acids is 1. The number of aromatic nitrogens is 1. The summed E-state index contributed by atoms with van der Waals surface area (Å²) in [6.45, 7) is 6.58. The van der Waals surface area contributed by atoms with Gasteiger partial charge in [0.2, 0.25) is 0 Å². The molecule has 0 aromatic carbocycles. The molecule has 3 aliphatic heterocycles. The van der Waals surface area contributed by atoms with Crippen LogP contribution in [0.15, 0.2) is 24.4 Å². The molecule has 4 heterocycles. The number of ether oxygens (including phenoxy) is 1. The highest BCUT2D eigenvalue weighted by Crippen LogP contribution is 2.25. The molecule has 154 valence electrons. The first-order valence-corrected chi connectivity index (χ1v) is 10.7. The van der Waals surface area contributed by atoms with Crippen LogP contribution >= 0.6 is 0 Å². The molecule has 0 unspecified atom stereocenters. The Bertz CT molecular complexity index is 630. The molecular weight excluding hydrogens is 356 g/mol. The lowest BCUT2D eigenvalue weighted by molar-refractivity contribution is -0.167. The second kappa shape index (κ2) is 9.20. The Morgan fingerprint density at radius 3 is 2.61 bits per heavy atom. The highest BCUT2D eigenvalue weighted by molar-refractivity contribution is 5.82. The molecule has 1 aromatic rings. The van der Waals surface area contributed by atoms with E-state index in [2.05, 4.69) is 20.9 Å². The average molecular weight is 389 g/mol. The topological polar surface area (TPSA) is 69.1 Å². The van der Waals surface area contributed by atoms with Crippen molar-refractivity contribution in [3.63, 3.8) is 0 Å². The van der Waals surface area contributed by atoms with Gasteiger partial charge in [-0.15, -0.1) is 0 Å². The van der Waals surface area contributed by atoms with Crippen molar-refractivity contribution >= 4 is 11.7 Å². The third-order valence-corrected chi connectivity index (χ3v) is 6.25. The van der Waals surface area contributed by atoms with Crippen LogP contribution in [-0.2, 0) is 9.53 Å². The average Bonchev–Trinajstić information content (AvgIpc) is 3.29. The summed E-state index contributed by atoms with van der Waals surface area (Å²) in [5, 5.41) is 10.3. The maximum atomic E-state index is 12.7. The highest BCUT2D eigenvalue weighted by Gasteiger charge is 2.38. The van der Waals surface area contributed by atoms with Crippen molar-refractivity contribution < 1.29 is 14.6 Å².